The third-order valence-electron chi connectivity index (χ3n) is 3.68. The maximum Gasteiger partial charge on any atom is 0.270 e. The van der Waals surface area contributed by atoms with Crippen LogP contribution in [0.2, 0.25) is 0 Å². The first kappa shape index (κ1) is 14.5. The third-order valence-corrected chi connectivity index (χ3v) is 4.92. The second kappa shape index (κ2) is 5.76. The van der Waals surface area contributed by atoms with Gasteiger partial charge in [-0.3, -0.25) is 14.9 Å². The Balaban J connectivity index is 1.70. The molecule has 22 heavy (non-hydrogen) atoms. The molecule has 0 saturated heterocycles. The Labute approximate surface area is 130 Å². The summed E-state index contributed by atoms with van der Waals surface area (Å²) in [6.45, 7) is 0.0505. The molecule has 0 fully saturated rings. The number of thiophene rings is 1. The molecule has 0 atom stereocenters. The number of nitrogens with one attached hydrogen (secondary N) is 1. The van der Waals surface area contributed by atoms with Crippen molar-refractivity contribution in [2.45, 2.75) is 25.8 Å². The Hall–Kier alpha value is -2.41. The summed E-state index contributed by atoms with van der Waals surface area (Å²) in [5, 5.41) is 23.2. The van der Waals surface area contributed by atoms with Crippen molar-refractivity contribution in [1.29, 1.82) is 0 Å². The van der Waals surface area contributed by atoms with Crippen molar-refractivity contribution in [1.82, 2.24) is 5.32 Å². The van der Waals surface area contributed by atoms with Crippen LogP contribution in [0.5, 0.6) is 5.75 Å². The number of hydrogen-bond donors (Lipinski definition) is 2. The molecule has 1 aromatic heterocycles. The Morgan fingerprint density at radius 3 is 2.91 bits per heavy atom. The summed E-state index contributed by atoms with van der Waals surface area (Å²) in [6, 6.07) is 5.67. The van der Waals surface area contributed by atoms with E-state index >= 15 is 0 Å². The molecule has 1 aliphatic rings. The second-order valence-electron chi connectivity index (χ2n) is 5.17. The first-order valence-corrected chi connectivity index (χ1v) is 7.72. The van der Waals surface area contributed by atoms with Crippen molar-refractivity contribution < 1.29 is 14.8 Å². The van der Waals surface area contributed by atoms with E-state index in [0.717, 1.165) is 19.3 Å². The zero-order valence-corrected chi connectivity index (χ0v) is 12.5. The molecular formula is C15H14N2O4S. The SMILES string of the molecule is O=C(NCc1cc([N+](=O)[O-])ccc1O)c1cc2c(s1)CCC2. The fraction of sp³-hybridized carbons (Fsp3) is 0.267. The number of hydrogen-bond acceptors (Lipinski definition) is 5. The largest absolute Gasteiger partial charge is 0.508 e. The van der Waals surface area contributed by atoms with E-state index in [9.17, 15) is 20.0 Å². The van der Waals surface area contributed by atoms with Gasteiger partial charge in [0.2, 0.25) is 0 Å². The van der Waals surface area contributed by atoms with Gasteiger partial charge in [-0.15, -0.1) is 11.3 Å². The second-order valence-corrected chi connectivity index (χ2v) is 6.30. The van der Waals surface area contributed by atoms with E-state index in [4.69, 9.17) is 0 Å². The number of rotatable bonds is 4. The Morgan fingerprint density at radius 2 is 2.18 bits per heavy atom. The lowest BCUT2D eigenvalue weighted by Crippen LogP contribution is -2.21. The topological polar surface area (TPSA) is 92.5 Å². The van der Waals surface area contributed by atoms with Crippen LogP contribution in [0.1, 0.15) is 32.1 Å². The van der Waals surface area contributed by atoms with E-state index in [1.807, 2.05) is 6.07 Å². The van der Waals surface area contributed by atoms with Crippen molar-refractivity contribution in [3.05, 3.63) is 55.3 Å². The molecule has 0 saturated carbocycles. The molecule has 2 N–H and O–H groups in total. The summed E-state index contributed by atoms with van der Waals surface area (Å²) >= 11 is 1.49. The van der Waals surface area contributed by atoms with E-state index in [1.54, 1.807) is 0 Å². The molecule has 0 unspecified atom stereocenters. The number of carbonyl (C=O) groups excluding carboxylic acids is 1. The van der Waals surface area contributed by atoms with Gasteiger partial charge in [-0.25, -0.2) is 0 Å². The van der Waals surface area contributed by atoms with E-state index in [2.05, 4.69) is 5.32 Å². The molecule has 1 amide bonds. The summed E-state index contributed by atoms with van der Waals surface area (Å²) in [5.74, 6) is -0.287. The van der Waals surface area contributed by atoms with Crippen LogP contribution in [-0.2, 0) is 19.4 Å². The minimum atomic E-state index is -0.533. The van der Waals surface area contributed by atoms with Crippen molar-refractivity contribution in [3.63, 3.8) is 0 Å². The molecule has 1 heterocycles. The molecule has 0 bridgehead atoms. The van der Waals surface area contributed by atoms with Gasteiger partial charge in [0.15, 0.2) is 0 Å². The minimum absolute atomic E-state index is 0.0505. The van der Waals surface area contributed by atoms with Crippen molar-refractivity contribution in [3.8, 4) is 5.75 Å². The average Bonchev–Trinajstić information content (AvgIpc) is 3.07. The number of non-ortho nitro benzene ring substituents is 1. The van der Waals surface area contributed by atoms with Gasteiger partial charge in [-0.2, -0.15) is 0 Å². The van der Waals surface area contributed by atoms with Crippen LogP contribution < -0.4 is 5.32 Å². The highest BCUT2D eigenvalue weighted by Crippen LogP contribution is 2.30. The summed E-state index contributed by atoms with van der Waals surface area (Å²) in [6.07, 6.45) is 3.19. The quantitative estimate of drug-likeness (QED) is 0.669. The van der Waals surface area contributed by atoms with E-state index < -0.39 is 4.92 Å². The maximum absolute atomic E-state index is 12.1. The minimum Gasteiger partial charge on any atom is -0.508 e. The third kappa shape index (κ3) is 2.80. The van der Waals surface area contributed by atoms with Crippen LogP contribution in [0.4, 0.5) is 5.69 Å². The molecule has 7 heteroatoms. The lowest BCUT2D eigenvalue weighted by molar-refractivity contribution is -0.384. The molecule has 0 radical (unpaired) electrons. The van der Waals surface area contributed by atoms with Crippen molar-refractivity contribution >= 4 is 22.9 Å². The first-order chi connectivity index (χ1) is 10.5. The van der Waals surface area contributed by atoms with Gasteiger partial charge in [0, 0.05) is 29.1 Å². The van der Waals surface area contributed by atoms with Crippen molar-refractivity contribution in [2.75, 3.05) is 0 Å². The van der Waals surface area contributed by atoms with E-state index in [0.29, 0.717) is 10.4 Å². The molecule has 1 aromatic carbocycles. The standard InChI is InChI=1S/C15H14N2O4S/c18-12-5-4-11(17(20)21)6-10(12)8-16-15(19)14-7-9-2-1-3-13(9)22-14/h4-7,18H,1-3,8H2,(H,16,19). The molecule has 114 valence electrons. The maximum atomic E-state index is 12.1. The number of amides is 1. The highest BCUT2D eigenvalue weighted by atomic mass is 32.1. The van der Waals surface area contributed by atoms with Crippen LogP contribution in [0.15, 0.2) is 24.3 Å². The molecule has 0 aliphatic heterocycles. The number of aryl methyl sites for hydroxylation is 2. The normalized spacial score (nSPS) is 12.9. The van der Waals surface area contributed by atoms with Crippen molar-refractivity contribution in [2.24, 2.45) is 0 Å². The molecule has 2 aromatic rings. The first-order valence-electron chi connectivity index (χ1n) is 6.90. The highest BCUT2D eigenvalue weighted by molar-refractivity contribution is 7.14. The van der Waals surface area contributed by atoms with Crippen LogP contribution in [-0.4, -0.2) is 15.9 Å². The fourth-order valence-electron chi connectivity index (χ4n) is 2.53. The Morgan fingerprint density at radius 1 is 1.36 bits per heavy atom. The number of fused-ring (bicyclic) bond motifs is 1. The molecule has 0 spiro atoms. The zero-order valence-electron chi connectivity index (χ0n) is 11.7. The van der Waals surface area contributed by atoms with Gasteiger partial charge in [0.05, 0.1) is 9.80 Å². The number of nitrogens with zero attached hydrogens (tertiary/aromatic N) is 1. The lowest BCUT2D eigenvalue weighted by Gasteiger charge is -2.06. The number of phenols is 1. The van der Waals surface area contributed by atoms with Gasteiger partial charge in [0.25, 0.3) is 11.6 Å². The number of carbonyl (C=O) groups is 1. The van der Waals surface area contributed by atoms with Crippen LogP contribution in [0.25, 0.3) is 0 Å². The van der Waals surface area contributed by atoms with E-state index in [-0.39, 0.29) is 23.9 Å². The number of aromatic hydroxyl groups is 1. The summed E-state index contributed by atoms with van der Waals surface area (Å²) in [4.78, 5) is 24.3. The average molecular weight is 318 g/mol. The fourth-order valence-corrected chi connectivity index (χ4v) is 3.70. The van der Waals surface area contributed by atoms with Gasteiger partial charge < -0.3 is 10.4 Å². The molecule has 6 nitrogen and oxygen atoms in total. The zero-order chi connectivity index (χ0) is 15.7. The predicted octanol–water partition coefficient (Wildman–Crippen LogP) is 2.78. The highest BCUT2D eigenvalue weighted by Gasteiger charge is 2.19. The van der Waals surface area contributed by atoms with Gasteiger partial charge in [0.1, 0.15) is 5.75 Å². The lowest BCUT2D eigenvalue weighted by atomic mass is 10.1. The van der Waals surface area contributed by atoms with Crippen LogP contribution >= 0.6 is 11.3 Å². The van der Waals surface area contributed by atoms with E-state index in [1.165, 1.54) is 40.0 Å². The summed E-state index contributed by atoms with van der Waals surface area (Å²) in [7, 11) is 0. The summed E-state index contributed by atoms with van der Waals surface area (Å²) < 4.78 is 0. The van der Waals surface area contributed by atoms with Crippen LogP contribution in [0, 0.1) is 10.1 Å². The smallest absolute Gasteiger partial charge is 0.270 e. The van der Waals surface area contributed by atoms with Gasteiger partial charge in [-0.05, 0) is 37.0 Å². The summed E-state index contributed by atoms with van der Waals surface area (Å²) in [5.41, 5.74) is 1.46. The number of nitro benzene ring substituents is 1. The molecular weight excluding hydrogens is 304 g/mol. The number of phenolic OH excluding ortho intramolecular Hbond substituents is 1. The van der Waals surface area contributed by atoms with Gasteiger partial charge in [-0.1, -0.05) is 0 Å². The molecule has 1 aliphatic carbocycles. The Bertz CT molecular complexity index is 732. The Kier molecular flexibility index (Phi) is 3.81. The monoisotopic (exact) mass is 318 g/mol. The number of nitro groups is 1. The molecule has 3 rings (SSSR count). The number of benzene rings is 1. The predicted molar refractivity (Wildman–Crippen MR) is 82.3 cm³/mol. The van der Waals surface area contributed by atoms with Gasteiger partial charge >= 0.3 is 0 Å². The van der Waals surface area contributed by atoms with Crippen LogP contribution in [0.3, 0.4) is 0 Å².